The summed E-state index contributed by atoms with van der Waals surface area (Å²) in [7, 11) is 1.88. The van der Waals surface area contributed by atoms with Gasteiger partial charge in [-0.1, -0.05) is 37.1 Å². The molecule has 2 N–H and O–H groups in total. The van der Waals surface area contributed by atoms with Crippen LogP contribution in [0.2, 0.25) is 0 Å². The van der Waals surface area contributed by atoms with Crippen molar-refractivity contribution < 1.29 is 15.0 Å². The Hall–Kier alpha value is -2.58. The fourth-order valence-electron chi connectivity index (χ4n) is 3.79. The quantitative estimate of drug-likeness (QED) is 0.500. The highest BCUT2D eigenvalue weighted by atomic mass is 32.2. The SMILES string of the molecule is CCC#CCc1cc(O)cc(CCCc2ccc(CC3SCCN(C)C3=O)cc2)c1O. The van der Waals surface area contributed by atoms with E-state index in [0.29, 0.717) is 18.4 Å². The maximum atomic E-state index is 12.3. The van der Waals surface area contributed by atoms with E-state index in [9.17, 15) is 15.0 Å². The molecular formula is C26H31NO3S. The molecule has 0 aliphatic carbocycles. The van der Waals surface area contributed by atoms with Crippen LogP contribution in [0.5, 0.6) is 11.5 Å². The van der Waals surface area contributed by atoms with Crippen molar-refractivity contribution >= 4 is 17.7 Å². The summed E-state index contributed by atoms with van der Waals surface area (Å²) in [6.07, 6.45) is 4.45. The summed E-state index contributed by atoms with van der Waals surface area (Å²) in [5.74, 6) is 7.67. The van der Waals surface area contributed by atoms with Crippen LogP contribution in [0.3, 0.4) is 0 Å². The molecule has 1 unspecified atom stereocenters. The summed E-state index contributed by atoms with van der Waals surface area (Å²) in [6, 6.07) is 11.7. The lowest BCUT2D eigenvalue weighted by atomic mass is 9.98. The number of hydrogen-bond acceptors (Lipinski definition) is 4. The van der Waals surface area contributed by atoms with E-state index in [1.807, 2.05) is 18.9 Å². The predicted octanol–water partition coefficient (Wildman–Crippen LogP) is 4.35. The van der Waals surface area contributed by atoms with Gasteiger partial charge >= 0.3 is 0 Å². The van der Waals surface area contributed by atoms with E-state index in [1.54, 1.807) is 23.9 Å². The molecule has 1 heterocycles. The van der Waals surface area contributed by atoms with E-state index in [-0.39, 0.29) is 22.7 Å². The van der Waals surface area contributed by atoms with Gasteiger partial charge in [0.25, 0.3) is 0 Å². The number of benzene rings is 2. The van der Waals surface area contributed by atoms with Crippen molar-refractivity contribution in [3.05, 3.63) is 58.7 Å². The number of nitrogens with zero attached hydrogens (tertiary/aromatic N) is 1. The normalized spacial score (nSPS) is 16.1. The van der Waals surface area contributed by atoms with Crippen molar-refractivity contribution in [3.8, 4) is 23.3 Å². The number of carbonyl (C=O) groups is 1. The van der Waals surface area contributed by atoms with E-state index >= 15 is 0 Å². The number of rotatable bonds is 7. The molecule has 3 rings (SSSR count). The average molecular weight is 438 g/mol. The molecule has 4 nitrogen and oxygen atoms in total. The van der Waals surface area contributed by atoms with Gasteiger partial charge in [-0.15, -0.1) is 17.7 Å². The molecule has 1 atom stereocenters. The number of phenols is 2. The maximum absolute atomic E-state index is 12.3. The van der Waals surface area contributed by atoms with E-state index in [0.717, 1.165) is 43.5 Å². The molecule has 0 radical (unpaired) electrons. The predicted molar refractivity (Wildman–Crippen MR) is 128 cm³/mol. The van der Waals surface area contributed by atoms with Gasteiger partial charge in [0.1, 0.15) is 11.5 Å². The average Bonchev–Trinajstić information content (AvgIpc) is 2.75. The second-order valence-electron chi connectivity index (χ2n) is 7.99. The summed E-state index contributed by atoms with van der Waals surface area (Å²) in [4.78, 5) is 14.1. The zero-order valence-electron chi connectivity index (χ0n) is 18.4. The second kappa shape index (κ2) is 11.2. The number of thioether (sulfide) groups is 1. The number of hydrogen-bond donors (Lipinski definition) is 2. The lowest BCUT2D eigenvalue weighted by Gasteiger charge is -2.28. The van der Waals surface area contributed by atoms with Gasteiger partial charge in [-0.05, 0) is 54.5 Å². The molecule has 31 heavy (non-hydrogen) atoms. The van der Waals surface area contributed by atoms with Crippen molar-refractivity contribution in [2.24, 2.45) is 0 Å². The van der Waals surface area contributed by atoms with Crippen molar-refractivity contribution in [2.45, 2.75) is 50.7 Å². The molecule has 1 fully saturated rings. The van der Waals surface area contributed by atoms with Crippen LogP contribution in [0.15, 0.2) is 36.4 Å². The first kappa shape index (κ1) is 23.1. The third-order valence-electron chi connectivity index (χ3n) is 5.59. The summed E-state index contributed by atoms with van der Waals surface area (Å²) in [5.41, 5.74) is 3.87. The molecule has 2 aromatic rings. The molecule has 0 bridgehead atoms. The zero-order valence-corrected chi connectivity index (χ0v) is 19.2. The van der Waals surface area contributed by atoms with Crippen LogP contribution in [0.25, 0.3) is 0 Å². The van der Waals surface area contributed by atoms with Gasteiger partial charge in [0.15, 0.2) is 0 Å². The molecule has 0 spiro atoms. The number of aryl methyl sites for hydroxylation is 2. The highest BCUT2D eigenvalue weighted by Gasteiger charge is 2.26. The minimum absolute atomic E-state index is 0.0227. The first-order chi connectivity index (χ1) is 15.0. The van der Waals surface area contributed by atoms with E-state index in [4.69, 9.17) is 0 Å². The summed E-state index contributed by atoms with van der Waals surface area (Å²) < 4.78 is 0. The van der Waals surface area contributed by atoms with Crippen molar-refractivity contribution in [3.63, 3.8) is 0 Å². The number of aromatic hydroxyl groups is 2. The lowest BCUT2D eigenvalue weighted by molar-refractivity contribution is -0.129. The topological polar surface area (TPSA) is 60.8 Å². The maximum Gasteiger partial charge on any atom is 0.235 e. The Morgan fingerprint density at radius 2 is 1.77 bits per heavy atom. The molecule has 1 saturated heterocycles. The first-order valence-electron chi connectivity index (χ1n) is 10.9. The minimum atomic E-state index is 0.0227. The zero-order chi connectivity index (χ0) is 22.2. The van der Waals surface area contributed by atoms with E-state index in [2.05, 4.69) is 36.1 Å². The highest BCUT2D eigenvalue weighted by Crippen LogP contribution is 2.29. The summed E-state index contributed by atoms with van der Waals surface area (Å²) >= 11 is 1.75. The summed E-state index contributed by atoms with van der Waals surface area (Å²) in [5, 5.41) is 20.6. The Morgan fingerprint density at radius 1 is 1.06 bits per heavy atom. The van der Waals surface area contributed by atoms with Crippen LogP contribution in [0, 0.1) is 11.8 Å². The van der Waals surface area contributed by atoms with Crippen LogP contribution in [0.1, 0.15) is 42.0 Å². The number of phenolic OH excluding ortho intramolecular Hbond substituents is 2. The number of amides is 1. The molecule has 1 amide bonds. The molecular weight excluding hydrogens is 406 g/mol. The molecule has 1 aliphatic rings. The Kier molecular flexibility index (Phi) is 8.31. The third-order valence-corrected chi connectivity index (χ3v) is 6.78. The van der Waals surface area contributed by atoms with Crippen molar-refractivity contribution in [2.75, 3.05) is 19.3 Å². The Morgan fingerprint density at radius 3 is 2.52 bits per heavy atom. The van der Waals surface area contributed by atoms with Crippen LogP contribution in [-0.2, 0) is 30.5 Å². The second-order valence-corrected chi connectivity index (χ2v) is 9.30. The van der Waals surface area contributed by atoms with Crippen LogP contribution >= 0.6 is 11.8 Å². The van der Waals surface area contributed by atoms with Crippen LogP contribution in [0.4, 0.5) is 0 Å². The Balaban J connectivity index is 1.54. The molecule has 5 heteroatoms. The van der Waals surface area contributed by atoms with Gasteiger partial charge in [-0.25, -0.2) is 0 Å². The van der Waals surface area contributed by atoms with E-state index in [1.165, 1.54) is 11.1 Å². The van der Waals surface area contributed by atoms with Gasteiger partial charge in [0.05, 0.1) is 5.25 Å². The molecule has 2 aromatic carbocycles. The van der Waals surface area contributed by atoms with Gasteiger partial charge in [0.2, 0.25) is 5.91 Å². The molecule has 164 valence electrons. The van der Waals surface area contributed by atoms with Gasteiger partial charge in [-0.2, -0.15) is 0 Å². The van der Waals surface area contributed by atoms with Gasteiger partial charge < -0.3 is 15.1 Å². The van der Waals surface area contributed by atoms with Crippen molar-refractivity contribution in [1.82, 2.24) is 4.90 Å². The fraction of sp³-hybridized carbons (Fsp3) is 0.423. The third kappa shape index (κ3) is 6.45. The lowest BCUT2D eigenvalue weighted by Crippen LogP contribution is -2.41. The minimum Gasteiger partial charge on any atom is -0.508 e. The van der Waals surface area contributed by atoms with Crippen LogP contribution < -0.4 is 0 Å². The fourth-order valence-corrected chi connectivity index (χ4v) is 5.09. The smallest absolute Gasteiger partial charge is 0.235 e. The van der Waals surface area contributed by atoms with Crippen LogP contribution in [-0.4, -0.2) is 45.6 Å². The number of carbonyl (C=O) groups excluding carboxylic acids is 1. The van der Waals surface area contributed by atoms with Gasteiger partial charge in [-0.3, -0.25) is 4.79 Å². The standard InChI is InChI=1S/C26H31NO3S/c1-3-4-5-8-21-17-23(28)18-22(25(21)29)9-6-7-19-10-12-20(13-11-19)16-24-26(30)27(2)14-15-31-24/h10-13,17-18,24,28-29H,3,6-9,14-16H2,1-2H3. The molecule has 0 aromatic heterocycles. The monoisotopic (exact) mass is 437 g/mol. The Bertz CT molecular complexity index is 959. The molecule has 0 saturated carbocycles. The first-order valence-corrected chi connectivity index (χ1v) is 12.0. The molecule has 1 aliphatic heterocycles. The largest absolute Gasteiger partial charge is 0.508 e. The van der Waals surface area contributed by atoms with E-state index < -0.39 is 0 Å². The van der Waals surface area contributed by atoms with Gasteiger partial charge in [0, 0.05) is 37.8 Å². The summed E-state index contributed by atoms with van der Waals surface area (Å²) in [6.45, 7) is 2.82. The van der Waals surface area contributed by atoms with Crippen molar-refractivity contribution in [1.29, 1.82) is 0 Å². The Labute approximate surface area is 189 Å². The highest BCUT2D eigenvalue weighted by molar-refractivity contribution is 8.00.